The summed E-state index contributed by atoms with van der Waals surface area (Å²) in [6.07, 6.45) is 5.54. The van der Waals surface area contributed by atoms with Crippen LogP contribution in [0.15, 0.2) is 18.2 Å². The quantitative estimate of drug-likeness (QED) is 0.487. The Hall–Kier alpha value is -2.03. The average Bonchev–Trinajstić information content (AvgIpc) is 3.20. The fraction of sp³-hybridized carbons (Fsp3) is 0.696. The van der Waals surface area contributed by atoms with Crippen LogP contribution in [-0.2, 0) is 11.3 Å². The van der Waals surface area contributed by atoms with Crippen LogP contribution >= 0.6 is 0 Å². The van der Waals surface area contributed by atoms with E-state index in [0.717, 1.165) is 5.56 Å². The molecule has 1 atom stereocenters. The number of ether oxygens (including phenoxy) is 3. The molecule has 0 unspecified atom stereocenters. The first kappa shape index (κ1) is 23.6. The van der Waals surface area contributed by atoms with Crippen molar-refractivity contribution in [1.82, 2.24) is 15.1 Å². The normalized spacial score (nSPS) is 18.3. The van der Waals surface area contributed by atoms with Crippen molar-refractivity contribution in [2.24, 2.45) is 0 Å². The van der Waals surface area contributed by atoms with E-state index in [1.165, 1.54) is 32.1 Å². The summed E-state index contributed by atoms with van der Waals surface area (Å²) >= 11 is 0. The minimum Gasteiger partial charge on any atom is -0.493 e. The molecule has 1 saturated carbocycles. The molecule has 1 amide bonds. The van der Waals surface area contributed by atoms with Gasteiger partial charge in [0.15, 0.2) is 11.5 Å². The average molecular weight is 436 g/mol. The van der Waals surface area contributed by atoms with Gasteiger partial charge in [0.2, 0.25) is 0 Å². The first-order valence-electron chi connectivity index (χ1n) is 11.4. The van der Waals surface area contributed by atoms with E-state index in [0.29, 0.717) is 56.9 Å². The second-order valence-electron chi connectivity index (χ2n) is 8.46. The number of cyclic esters (lactones) is 1. The lowest BCUT2D eigenvalue weighted by atomic mass is 9.94. The molecule has 8 heteroatoms. The van der Waals surface area contributed by atoms with Crippen molar-refractivity contribution in [3.63, 3.8) is 0 Å². The molecule has 0 aromatic heterocycles. The number of carbonyl (C=O) groups is 1. The zero-order valence-electron chi connectivity index (χ0n) is 18.8. The number of benzene rings is 1. The number of aliphatic hydroxyl groups is 1. The largest absolute Gasteiger partial charge is 0.493 e. The summed E-state index contributed by atoms with van der Waals surface area (Å²) in [5.41, 5.74) is 1.06. The van der Waals surface area contributed by atoms with Gasteiger partial charge in [-0.2, -0.15) is 0 Å². The van der Waals surface area contributed by atoms with Gasteiger partial charge >= 0.3 is 6.09 Å². The maximum atomic E-state index is 11.4. The molecular formula is C23H37N3O5. The van der Waals surface area contributed by atoms with E-state index in [-0.39, 0.29) is 12.7 Å². The number of nitrogens with one attached hydrogen (secondary N) is 1. The van der Waals surface area contributed by atoms with E-state index in [4.69, 9.17) is 14.2 Å². The molecule has 2 aliphatic rings. The Kier molecular flexibility index (Phi) is 9.24. The molecular weight excluding hydrogens is 398 g/mol. The molecule has 2 fully saturated rings. The lowest BCUT2D eigenvalue weighted by molar-refractivity contribution is 0.0553. The Labute approximate surface area is 185 Å². The SMILES string of the molecule is COc1cc(CNCCN2CCOC2=O)ccc1OC[C@H](O)CN(C)C1CCCCC1. The topological polar surface area (TPSA) is 83.5 Å². The van der Waals surface area contributed by atoms with Crippen molar-refractivity contribution in [2.75, 3.05) is 53.6 Å². The number of hydrogen-bond donors (Lipinski definition) is 2. The van der Waals surface area contributed by atoms with Crippen LogP contribution in [0.25, 0.3) is 0 Å². The smallest absolute Gasteiger partial charge is 0.409 e. The molecule has 174 valence electrons. The fourth-order valence-corrected chi connectivity index (χ4v) is 4.26. The molecule has 3 rings (SSSR count). The third kappa shape index (κ3) is 7.26. The number of hydrogen-bond acceptors (Lipinski definition) is 7. The van der Waals surface area contributed by atoms with Crippen LogP contribution in [0, 0.1) is 0 Å². The van der Waals surface area contributed by atoms with Crippen molar-refractivity contribution in [3.8, 4) is 11.5 Å². The van der Waals surface area contributed by atoms with E-state index in [1.807, 2.05) is 18.2 Å². The van der Waals surface area contributed by atoms with Crippen molar-refractivity contribution >= 4 is 6.09 Å². The van der Waals surface area contributed by atoms with Gasteiger partial charge in [-0.15, -0.1) is 0 Å². The van der Waals surface area contributed by atoms with E-state index in [1.54, 1.807) is 12.0 Å². The maximum absolute atomic E-state index is 11.4. The molecule has 2 N–H and O–H groups in total. The highest BCUT2D eigenvalue weighted by Gasteiger charge is 2.21. The standard InChI is InChI=1S/C23H37N3O5/c1-25(19-6-4-3-5-7-19)16-20(27)17-31-21-9-8-18(14-22(21)29-2)15-24-10-11-26-12-13-30-23(26)28/h8-9,14,19-20,24,27H,3-7,10-13,15-17H2,1-2H3/t20-/m1/s1. The zero-order valence-corrected chi connectivity index (χ0v) is 18.8. The number of aliphatic hydroxyl groups excluding tert-OH is 1. The van der Waals surface area contributed by atoms with Crippen LogP contribution < -0.4 is 14.8 Å². The molecule has 1 aromatic carbocycles. The van der Waals surface area contributed by atoms with Crippen molar-refractivity contribution in [3.05, 3.63) is 23.8 Å². The van der Waals surface area contributed by atoms with Gasteiger partial charge in [0, 0.05) is 32.2 Å². The minimum atomic E-state index is -0.546. The monoisotopic (exact) mass is 435 g/mol. The van der Waals surface area contributed by atoms with Crippen LogP contribution in [0.1, 0.15) is 37.7 Å². The van der Waals surface area contributed by atoms with Crippen LogP contribution in [0.5, 0.6) is 11.5 Å². The molecule has 1 aromatic rings. The summed E-state index contributed by atoms with van der Waals surface area (Å²) < 4.78 is 16.3. The van der Waals surface area contributed by atoms with Crippen LogP contribution in [-0.4, -0.2) is 86.7 Å². The first-order chi connectivity index (χ1) is 15.1. The molecule has 1 aliphatic carbocycles. The van der Waals surface area contributed by atoms with Crippen molar-refractivity contribution in [2.45, 2.75) is 50.8 Å². The third-order valence-corrected chi connectivity index (χ3v) is 6.09. The van der Waals surface area contributed by atoms with Crippen LogP contribution in [0.4, 0.5) is 4.79 Å². The first-order valence-corrected chi connectivity index (χ1v) is 11.4. The Morgan fingerprint density at radius 3 is 2.81 bits per heavy atom. The van der Waals surface area contributed by atoms with Gasteiger partial charge in [-0.05, 0) is 37.6 Å². The van der Waals surface area contributed by atoms with E-state index >= 15 is 0 Å². The number of carbonyl (C=O) groups excluding carboxylic acids is 1. The molecule has 1 aliphatic heterocycles. The zero-order chi connectivity index (χ0) is 22.1. The number of nitrogens with zero attached hydrogens (tertiary/aromatic N) is 2. The summed E-state index contributed by atoms with van der Waals surface area (Å²) in [6, 6.07) is 6.37. The highest BCUT2D eigenvalue weighted by molar-refractivity contribution is 5.69. The van der Waals surface area contributed by atoms with E-state index in [9.17, 15) is 9.90 Å². The molecule has 0 radical (unpaired) electrons. The highest BCUT2D eigenvalue weighted by Crippen LogP contribution is 2.28. The number of rotatable bonds is 12. The lowest BCUT2D eigenvalue weighted by Crippen LogP contribution is -2.40. The van der Waals surface area contributed by atoms with Crippen LogP contribution in [0.2, 0.25) is 0 Å². The number of likely N-dealkylation sites (N-methyl/N-ethyl adjacent to an activating group) is 1. The minimum absolute atomic E-state index is 0.233. The van der Waals surface area contributed by atoms with Crippen molar-refractivity contribution < 1.29 is 24.1 Å². The molecule has 0 bridgehead atoms. The summed E-state index contributed by atoms with van der Waals surface area (Å²) in [7, 11) is 3.71. The van der Waals surface area contributed by atoms with Gasteiger partial charge in [0.25, 0.3) is 0 Å². The molecule has 0 spiro atoms. The van der Waals surface area contributed by atoms with Gasteiger partial charge in [0.05, 0.1) is 13.7 Å². The lowest BCUT2D eigenvalue weighted by Gasteiger charge is -2.32. The van der Waals surface area contributed by atoms with Crippen molar-refractivity contribution in [1.29, 1.82) is 0 Å². The van der Waals surface area contributed by atoms with Crippen LogP contribution in [0.3, 0.4) is 0 Å². The third-order valence-electron chi connectivity index (χ3n) is 6.09. The summed E-state index contributed by atoms with van der Waals surface area (Å²) in [5, 5.41) is 13.8. The predicted molar refractivity (Wildman–Crippen MR) is 119 cm³/mol. The molecule has 1 saturated heterocycles. The Morgan fingerprint density at radius 1 is 1.29 bits per heavy atom. The molecule has 8 nitrogen and oxygen atoms in total. The molecule has 31 heavy (non-hydrogen) atoms. The fourth-order valence-electron chi connectivity index (χ4n) is 4.26. The van der Waals surface area contributed by atoms with E-state index in [2.05, 4.69) is 17.3 Å². The highest BCUT2D eigenvalue weighted by atomic mass is 16.6. The Morgan fingerprint density at radius 2 is 2.10 bits per heavy atom. The predicted octanol–water partition coefficient (Wildman–Crippen LogP) is 2.24. The summed E-state index contributed by atoms with van der Waals surface area (Å²) in [5.74, 6) is 1.28. The van der Waals surface area contributed by atoms with Gasteiger partial charge < -0.3 is 34.4 Å². The Bertz CT molecular complexity index is 696. The number of methoxy groups -OCH3 is 1. The van der Waals surface area contributed by atoms with Gasteiger partial charge in [-0.3, -0.25) is 0 Å². The number of amides is 1. The maximum Gasteiger partial charge on any atom is 0.409 e. The van der Waals surface area contributed by atoms with Gasteiger partial charge in [-0.1, -0.05) is 25.3 Å². The molecule has 1 heterocycles. The Balaban J connectivity index is 1.40. The second-order valence-corrected chi connectivity index (χ2v) is 8.46. The summed E-state index contributed by atoms with van der Waals surface area (Å²) in [6.45, 7) is 3.96. The van der Waals surface area contributed by atoms with Gasteiger partial charge in [0.1, 0.15) is 19.3 Å². The van der Waals surface area contributed by atoms with E-state index < -0.39 is 6.10 Å². The second kappa shape index (κ2) is 12.1. The summed E-state index contributed by atoms with van der Waals surface area (Å²) in [4.78, 5) is 15.4. The van der Waals surface area contributed by atoms with Gasteiger partial charge in [-0.25, -0.2) is 4.79 Å².